The van der Waals surface area contributed by atoms with Crippen molar-refractivity contribution in [3.8, 4) is 0 Å². The number of urea groups is 1. The molecule has 1 aliphatic heterocycles. The van der Waals surface area contributed by atoms with Gasteiger partial charge < -0.3 is 15.1 Å². The van der Waals surface area contributed by atoms with Crippen molar-refractivity contribution in [1.82, 2.24) is 10.2 Å². The SMILES string of the molecule is Cc1ccc(C(C)(C)NC(=O)N2CCN(c3ccccc3)C(=O)C2C)cc1. The molecule has 0 bridgehead atoms. The fraction of sp³-hybridized carbons (Fsp3) is 0.364. The maximum atomic E-state index is 12.9. The van der Waals surface area contributed by atoms with Crippen molar-refractivity contribution in [1.29, 1.82) is 0 Å². The van der Waals surface area contributed by atoms with E-state index in [4.69, 9.17) is 0 Å². The molecular formula is C22H27N3O2. The number of carbonyl (C=O) groups is 2. The molecule has 5 heteroatoms. The van der Waals surface area contributed by atoms with Crippen LogP contribution in [0.2, 0.25) is 0 Å². The zero-order chi connectivity index (χ0) is 19.6. The molecule has 0 radical (unpaired) electrons. The predicted octanol–water partition coefficient (Wildman–Crippen LogP) is 3.68. The monoisotopic (exact) mass is 365 g/mol. The van der Waals surface area contributed by atoms with Crippen molar-refractivity contribution in [2.24, 2.45) is 0 Å². The van der Waals surface area contributed by atoms with Gasteiger partial charge in [-0.15, -0.1) is 0 Å². The Bertz CT molecular complexity index is 815. The van der Waals surface area contributed by atoms with Crippen molar-refractivity contribution in [3.63, 3.8) is 0 Å². The van der Waals surface area contributed by atoms with Crippen molar-refractivity contribution in [3.05, 3.63) is 65.7 Å². The molecule has 1 saturated heterocycles. The number of rotatable bonds is 3. The lowest BCUT2D eigenvalue weighted by atomic mass is 9.93. The molecule has 0 saturated carbocycles. The fourth-order valence-electron chi connectivity index (χ4n) is 3.39. The molecule has 5 nitrogen and oxygen atoms in total. The summed E-state index contributed by atoms with van der Waals surface area (Å²) in [4.78, 5) is 29.1. The van der Waals surface area contributed by atoms with Crippen LogP contribution in [-0.2, 0) is 10.3 Å². The third-order valence-electron chi connectivity index (χ3n) is 5.18. The van der Waals surface area contributed by atoms with E-state index >= 15 is 0 Å². The van der Waals surface area contributed by atoms with Gasteiger partial charge in [-0.1, -0.05) is 48.0 Å². The maximum Gasteiger partial charge on any atom is 0.318 e. The number of hydrogen-bond acceptors (Lipinski definition) is 2. The molecule has 1 fully saturated rings. The largest absolute Gasteiger partial charge is 0.329 e. The number of anilines is 1. The summed E-state index contributed by atoms with van der Waals surface area (Å²) in [5, 5.41) is 3.08. The first-order chi connectivity index (χ1) is 12.8. The molecule has 0 aromatic heterocycles. The number of para-hydroxylation sites is 1. The molecule has 3 amide bonds. The fourth-order valence-corrected chi connectivity index (χ4v) is 3.39. The standard InChI is InChI=1S/C22H27N3O2/c1-16-10-12-18(13-11-16)22(3,4)23-21(27)24-14-15-25(20(26)17(24)2)19-8-6-5-7-9-19/h5-13,17H,14-15H2,1-4H3,(H,23,27). The molecule has 3 rings (SSSR count). The minimum atomic E-state index is -0.524. The molecular weight excluding hydrogens is 338 g/mol. The first-order valence-corrected chi connectivity index (χ1v) is 9.32. The van der Waals surface area contributed by atoms with Crippen LogP contribution < -0.4 is 10.2 Å². The maximum absolute atomic E-state index is 12.9. The summed E-state index contributed by atoms with van der Waals surface area (Å²) in [5.41, 5.74) is 2.55. The highest BCUT2D eigenvalue weighted by molar-refractivity contribution is 6.00. The van der Waals surface area contributed by atoms with Crippen LogP contribution in [0.25, 0.3) is 0 Å². The van der Waals surface area contributed by atoms with Gasteiger partial charge in [0, 0.05) is 18.8 Å². The minimum Gasteiger partial charge on any atom is -0.329 e. The lowest BCUT2D eigenvalue weighted by molar-refractivity contribution is -0.124. The Balaban J connectivity index is 1.70. The van der Waals surface area contributed by atoms with Gasteiger partial charge in [0.2, 0.25) is 5.91 Å². The van der Waals surface area contributed by atoms with Gasteiger partial charge in [0.15, 0.2) is 0 Å². The second kappa shape index (κ2) is 7.43. The number of nitrogens with one attached hydrogen (secondary N) is 1. The van der Waals surface area contributed by atoms with Crippen LogP contribution in [0, 0.1) is 6.92 Å². The van der Waals surface area contributed by atoms with Gasteiger partial charge in [-0.05, 0) is 45.4 Å². The third-order valence-corrected chi connectivity index (χ3v) is 5.18. The van der Waals surface area contributed by atoms with E-state index in [0.29, 0.717) is 13.1 Å². The lowest BCUT2D eigenvalue weighted by Crippen LogP contribution is -2.61. The van der Waals surface area contributed by atoms with Gasteiger partial charge in [-0.3, -0.25) is 4.79 Å². The molecule has 1 unspecified atom stereocenters. The number of amides is 3. The summed E-state index contributed by atoms with van der Waals surface area (Å²) in [6, 6.07) is 17.0. The van der Waals surface area contributed by atoms with E-state index in [1.54, 1.807) is 16.7 Å². The molecule has 27 heavy (non-hydrogen) atoms. The summed E-state index contributed by atoms with van der Waals surface area (Å²) < 4.78 is 0. The lowest BCUT2D eigenvalue weighted by Gasteiger charge is -2.40. The number of aryl methyl sites for hydroxylation is 1. The van der Waals surface area contributed by atoms with E-state index in [9.17, 15) is 9.59 Å². The Morgan fingerprint density at radius 2 is 1.67 bits per heavy atom. The van der Waals surface area contributed by atoms with E-state index in [1.807, 2.05) is 75.4 Å². The van der Waals surface area contributed by atoms with E-state index in [1.165, 1.54) is 5.56 Å². The highest BCUT2D eigenvalue weighted by atomic mass is 16.2. The quantitative estimate of drug-likeness (QED) is 0.902. The van der Waals surface area contributed by atoms with Crippen molar-refractivity contribution < 1.29 is 9.59 Å². The molecule has 0 aliphatic carbocycles. The van der Waals surface area contributed by atoms with Crippen LogP contribution in [-0.4, -0.2) is 36.0 Å². The summed E-state index contributed by atoms with van der Waals surface area (Å²) in [6.07, 6.45) is 0. The van der Waals surface area contributed by atoms with Gasteiger partial charge in [0.1, 0.15) is 6.04 Å². The number of benzene rings is 2. The molecule has 1 atom stereocenters. The molecule has 1 heterocycles. The van der Waals surface area contributed by atoms with Crippen LogP contribution in [0.1, 0.15) is 31.9 Å². The first-order valence-electron chi connectivity index (χ1n) is 9.32. The smallest absolute Gasteiger partial charge is 0.318 e. The summed E-state index contributed by atoms with van der Waals surface area (Å²) >= 11 is 0. The van der Waals surface area contributed by atoms with Crippen LogP contribution in [0.5, 0.6) is 0 Å². The average Bonchev–Trinajstić information content (AvgIpc) is 2.64. The predicted molar refractivity (Wildman–Crippen MR) is 108 cm³/mol. The van der Waals surface area contributed by atoms with Gasteiger partial charge >= 0.3 is 6.03 Å². The van der Waals surface area contributed by atoms with Crippen molar-refractivity contribution in [2.45, 2.75) is 39.3 Å². The molecule has 2 aromatic carbocycles. The summed E-state index contributed by atoms with van der Waals surface area (Å²) in [6.45, 7) is 8.76. The van der Waals surface area contributed by atoms with E-state index in [-0.39, 0.29) is 11.9 Å². The third kappa shape index (κ3) is 3.97. The molecule has 1 N–H and O–H groups in total. The van der Waals surface area contributed by atoms with E-state index in [0.717, 1.165) is 11.3 Å². The zero-order valence-corrected chi connectivity index (χ0v) is 16.4. The molecule has 1 aliphatic rings. The minimum absolute atomic E-state index is 0.0595. The van der Waals surface area contributed by atoms with E-state index in [2.05, 4.69) is 5.32 Å². The first kappa shape index (κ1) is 19.0. The number of nitrogens with zero attached hydrogens (tertiary/aromatic N) is 2. The second-order valence-electron chi connectivity index (χ2n) is 7.62. The number of carbonyl (C=O) groups excluding carboxylic acids is 2. The van der Waals surface area contributed by atoms with E-state index < -0.39 is 11.6 Å². The van der Waals surface area contributed by atoms with Crippen LogP contribution in [0.15, 0.2) is 54.6 Å². The topological polar surface area (TPSA) is 52.7 Å². The molecule has 2 aromatic rings. The Kier molecular flexibility index (Phi) is 5.22. The van der Waals surface area contributed by atoms with Gasteiger partial charge in [-0.25, -0.2) is 4.79 Å². The Hall–Kier alpha value is -2.82. The van der Waals surface area contributed by atoms with Crippen LogP contribution >= 0.6 is 0 Å². The Morgan fingerprint density at radius 1 is 1.04 bits per heavy atom. The van der Waals surface area contributed by atoms with Crippen LogP contribution in [0.4, 0.5) is 10.5 Å². The summed E-state index contributed by atoms with van der Waals surface area (Å²) in [5.74, 6) is -0.0595. The highest BCUT2D eigenvalue weighted by Gasteiger charge is 2.36. The second-order valence-corrected chi connectivity index (χ2v) is 7.62. The van der Waals surface area contributed by atoms with Gasteiger partial charge in [0.25, 0.3) is 0 Å². The molecule has 142 valence electrons. The number of hydrogen-bond donors (Lipinski definition) is 1. The van der Waals surface area contributed by atoms with Crippen LogP contribution in [0.3, 0.4) is 0 Å². The van der Waals surface area contributed by atoms with Gasteiger partial charge in [-0.2, -0.15) is 0 Å². The summed E-state index contributed by atoms with van der Waals surface area (Å²) in [7, 11) is 0. The normalized spacial score (nSPS) is 17.8. The van der Waals surface area contributed by atoms with Gasteiger partial charge in [0.05, 0.1) is 5.54 Å². The molecule has 0 spiro atoms. The Labute approximate surface area is 161 Å². The average molecular weight is 365 g/mol. The van der Waals surface area contributed by atoms with Crippen molar-refractivity contribution >= 4 is 17.6 Å². The zero-order valence-electron chi connectivity index (χ0n) is 16.4. The van der Waals surface area contributed by atoms with Crippen molar-refractivity contribution in [2.75, 3.05) is 18.0 Å². The number of piperazine rings is 1. The Morgan fingerprint density at radius 3 is 2.30 bits per heavy atom. The highest BCUT2D eigenvalue weighted by Crippen LogP contribution is 2.23.